The lowest BCUT2D eigenvalue weighted by molar-refractivity contribution is 0.456. The Hall–Kier alpha value is -1.24. The number of phenolic OH excluding ortho intramolecular Hbond substituents is 1. The fraction of sp³-hybridized carbons (Fsp3) is 0. The second kappa shape index (κ2) is 5.39. The van der Waals surface area contributed by atoms with Crippen LogP contribution in [-0.4, -0.2) is 31.0 Å². The summed E-state index contributed by atoms with van der Waals surface area (Å²) in [6.07, 6.45) is 0. The molecule has 17 heavy (non-hydrogen) atoms. The van der Waals surface area contributed by atoms with Gasteiger partial charge in [-0.15, -0.1) is 0 Å². The minimum atomic E-state index is -4.84. The monoisotopic (exact) mass is 288 g/mol. The molecule has 1 rings (SSSR count). The van der Waals surface area contributed by atoms with Gasteiger partial charge in [0.1, 0.15) is 15.5 Å². The second-order valence-corrected chi connectivity index (χ2v) is 5.36. The van der Waals surface area contributed by atoms with Crippen molar-refractivity contribution in [3.8, 4) is 5.75 Å². The van der Waals surface area contributed by atoms with Gasteiger partial charge in [0.2, 0.25) is 0 Å². The summed E-state index contributed by atoms with van der Waals surface area (Å²) in [5.41, 5.74) is 0. The molecule has 0 spiro atoms. The first-order chi connectivity index (χ1) is 6.62. The van der Waals surface area contributed by atoms with Crippen LogP contribution in [0.2, 0.25) is 0 Å². The van der Waals surface area contributed by atoms with Crippen LogP contribution in [0, 0.1) is 0 Å². The molecule has 0 aromatic heterocycles. The van der Waals surface area contributed by atoms with Gasteiger partial charge in [-0.05, 0) is 12.1 Å². The van der Waals surface area contributed by atoms with Gasteiger partial charge in [-0.2, -0.15) is 16.8 Å². The van der Waals surface area contributed by atoms with Crippen LogP contribution in [0.4, 0.5) is 0 Å². The van der Waals surface area contributed by atoms with Gasteiger partial charge >= 0.3 is 0 Å². The molecule has 0 heterocycles. The quantitative estimate of drug-likeness (QED) is 0.471. The summed E-state index contributed by atoms with van der Waals surface area (Å²) in [5, 5.41) is 8.91. The van der Waals surface area contributed by atoms with Gasteiger partial charge in [-0.25, -0.2) is 0 Å². The maximum atomic E-state index is 10.7. The first kappa shape index (κ1) is 18.1. The van der Waals surface area contributed by atoms with E-state index in [1.54, 1.807) is 0 Å². The largest absolute Gasteiger partial charge is 0.508 e. The molecule has 1 aromatic rings. The maximum absolute atomic E-state index is 10.7. The van der Waals surface area contributed by atoms with Crippen molar-refractivity contribution in [3.05, 3.63) is 18.2 Å². The van der Waals surface area contributed by atoms with Gasteiger partial charge in [0, 0.05) is 6.07 Å². The number of phenols is 1. The lowest BCUT2D eigenvalue weighted by Gasteiger charge is -2.04. The predicted molar refractivity (Wildman–Crippen MR) is 57.8 cm³/mol. The molecule has 0 saturated carbocycles. The highest BCUT2D eigenvalue weighted by Crippen LogP contribution is 2.24. The van der Waals surface area contributed by atoms with E-state index in [2.05, 4.69) is 0 Å². The van der Waals surface area contributed by atoms with Crippen molar-refractivity contribution in [1.82, 2.24) is 12.3 Å². The fourth-order valence-corrected chi connectivity index (χ4v) is 2.69. The number of hydrogen-bond acceptors (Lipinski definition) is 7. The van der Waals surface area contributed by atoms with Gasteiger partial charge < -0.3 is 17.4 Å². The molecule has 0 radical (unpaired) electrons. The van der Waals surface area contributed by atoms with E-state index >= 15 is 0 Å². The van der Waals surface area contributed by atoms with Crippen molar-refractivity contribution >= 4 is 20.2 Å². The highest BCUT2D eigenvalue weighted by Gasteiger charge is 2.23. The summed E-state index contributed by atoms with van der Waals surface area (Å²) in [7, 11) is -9.62. The highest BCUT2D eigenvalue weighted by molar-refractivity contribution is 7.89. The van der Waals surface area contributed by atoms with Gasteiger partial charge in [-0.1, -0.05) is 0 Å². The molecule has 0 aliphatic carbocycles. The van der Waals surface area contributed by atoms with Gasteiger partial charge in [0.25, 0.3) is 20.2 Å². The summed E-state index contributed by atoms with van der Waals surface area (Å²) < 4.78 is 60.1. The Labute approximate surface area is 97.8 Å². The van der Waals surface area contributed by atoms with E-state index in [0.29, 0.717) is 12.1 Å². The number of benzene rings is 1. The number of hydrogen-bond donors (Lipinski definition) is 5. The molecule has 0 unspecified atom stereocenters. The number of aromatic hydroxyl groups is 1. The molecular formula is C6H12N2O7S2. The molecule has 1 aromatic carbocycles. The summed E-state index contributed by atoms with van der Waals surface area (Å²) >= 11 is 0. The standard InChI is InChI=1S/C6H6O7S2.2H3N/c7-4-1-2-5(14(8,9)10)6(3-4)15(11,12)13;;/h1-3,7H,(H,8,9,10)(H,11,12,13);2*1H3. The van der Waals surface area contributed by atoms with Crippen molar-refractivity contribution in [3.63, 3.8) is 0 Å². The third kappa shape index (κ3) is 4.26. The molecule has 0 fully saturated rings. The van der Waals surface area contributed by atoms with Crippen LogP contribution in [0.1, 0.15) is 0 Å². The Bertz CT molecular complexity index is 593. The second-order valence-electron chi connectivity index (χ2n) is 2.58. The molecule has 0 aliphatic heterocycles. The first-order valence-electron chi connectivity index (χ1n) is 3.40. The van der Waals surface area contributed by atoms with E-state index in [-0.39, 0.29) is 12.3 Å². The topological polar surface area (TPSA) is 199 Å². The summed E-state index contributed by atoms with van der Waals surface area (Å²) in [5.74, 6) is -0.560. The summed E-state index contributed by atoms with van der Waals surface area (Å²) in [4.78, 5) is -2.08. The molecular weight excluding hydrogens is 276 g/mol. The van der Waals surface area contributed by atoms with E-state index in [1.165, 1.54) is 0 Å². The van der Waals surface area contributed by atoms with Crippen molar-refractivity contribution < 1.29 is 31.0 Å². The maximum Gasteiger partial charge on any atom is 0.296 e. The van der Waals surface area contributed by atoms with Crippen LogP contribution < -0.4 is 12.3 Å². The smallest absolute Gasteiger partial charge is 0.296 e. The molecule has 0 aliphatic rings. The normalized spacial score (nSPS) is 11.2. The van der Waals surface area contributed by atoms with Crippen molar-refractivity contribution in [1.29, 1.82) is 0 Å². The third-order valence-corrected chi connectivity index (χ3v) is 3.42. The zero-order valence-electron chi connectivity index (χ0n) is 8.44. The van der Waals surface area contributed by atoms with Crippen LogP contribution in [0.3, 0.4) is 0 Å². The SMILES string of the molecule is N.N.O=S(=O)(O)c1ccc(O)cc1S(=O)(=O)O. The van der Waals surface area contributed by atoms with E-state index < -0.39 is 35.8 Å². The van der Waals surface area contributed by atoms with Crippen LogP contribution in [0.25, 0.3) is 0 Å². The molecule has 9 nitrogen and oxygen atoms in total. The van der Waals surface area contributed by atoms with Crippen molar-refractivity contribution in [2.24, 2.45) is 0 Å². The third-order valence-electron chi connectivity index (χ3n) is 1.48. The van der Waals surface area contributed by atoms with Crippen LogP contribution >= 0.6 is 0 Å². The van der Waals surface area contributed by atoms with Gasteiger partial charge in [-0.3, -0.25) is 9.11 Å². The Kier molecular flexibility index (Phi) is 5.75. The van der Waals surface area contributed by atoms with E-state index in [4.69, 9.17) is 14.2 Å². The van der Waals surface area contributed by atoms with Crippen molar-refractivity contribution in [2.45, 2.75) is 9.79 Å². The van der Waals surface area contributed by atoms with E-state index in [1.807, 2.05) is 0 Å². The lowest BCUT2D eigenvalue weighted by atomic mass is 10.3. The van der Waals surface area contributed by atoms with Crippen LogP contribution in [0.5, 0.6) is 5.75 Å². The Morgan fingerprint density at radius 2 is 1.24 bits per heavy atom. The highest BCUT2D eigenvalue weighted by atomic mass is 32.2. The molecule has 9 N–H and O–H groups in total. The van der Waals surface area contributed by atoms with E-state index in [9.17, 15) is 16.8 Å². The molecule has 11 heteroatoms. The Balaban J connectivity index is 0. The minimum Gasteiger partial charge on any atom is -0.508 e. The predicted octanol–water partition coefficient (Wildman–Crippen LogP) is 0.210. The Morgan fingerprint density at radius 1 is 0.824 bits per heavy atom. The van der Waals surface area contributed by atoms with Crippen molar-refractivity contribution in [2.75, 3.05) is 0 Å². The molecule has 0 atom stereocenters. The molecule has 100 valence electrons. The molecule has 0 bridgehead atoms. The first-order valence-corrected chi connectivity index (χ1v) is 6.28. The number of rotatable bonds is 2. The average molecular weight is 288 g/mol. The minimum absolute atomic E-state index is 0. The van der Waals surface area contributed by atoms with Crippen LogP contribution in [-0.2, 0) is 20.2 Å². The van der Waals surface area contributed by atoms with Crippen LogP contribution in [0.15, 0.2) is 28.0 Å². The van der Waals surface area contributed by atoms with E-state index in [0.717, 1.165) is 6.07 Å². The zero-order valence-corrected chi connectivity index (χ0v) is 10.1. The van der Waals surface area contributed by atoms with Gasteiger partial charge in [0.15, 0.2) is 0 Å². The summed E-state index contributed by atoms with van der Waals surface area (Å²) in [6.45, 7) is 0. The average Bonchev–Trinajstić information content (AvgIpc) is 2.00. The molecule has 0 amide bonds. The summed E-state index contributed by atoms with van der Waals surface area (Å²) in [6, 6.07) is 2.03. The molecule has 0 saturated heterocycles. The van der Waals surface area contributed by atoms with Gasteiger partial charge in [0.05, 0.1) is 0 Å². The Morgan fingerprint density at radius 3 is 1.59 bits per heavy atom. The zero-order chi connectivity index (χ0) is 11.9. The lowest BCUT2D eigenvalue weighted by Crippen LogP contribution is -2.07. The fourth-order valence-electron chi connectivity index (χ4n) is 0.911.